The molecular formula is C34H48N4O10. The number of nitrogens with two attached hydrogens (primary N) is 1. The highest BCUT2D eigenvalue weighted by Gasteiger charge is 2.28. The minimum atomic E-state index is -1.22. The largest absolute Gasteiger partial charge is 0.481 e. The molecule has 0 aromatic heterocycles. The van der Waals surface area contributed by atoms with Crippen LogP contribution in [0.4, 0.5) is 0 Å². The smallest absolute Gasteiger partial charge is 0.328 e. The Morgan fingerprint density at radius 2 is 1.10 bits per heavy atom. The van der Waals surface area contributed by atoms with E-state index in [4.69, 9.17) is 20.7 Å². The van der Waals surface area contributed by atoms with Crippen molar-refractivity contribution in [2.45, 2.75) is 77.0 Å². The van der Waals surface area contributed by atoms with Gasteiger partial charge in [-0.3, -0.25) is 19.2 Å². The molecule has 0 spiro atoms. The molecule has 14 heteroatoms. The monoisotopic (exact) mass is 672 g/mol. The summed E-state index contributed by atoms with van der Waals surface area (Å²) in [5.74, 6) is -4.70. The predicted molar refractivity (Wildman–Crippen MR) is 177 cm³/mol. The zero-order chi connectivity index (χ0) is 36.3. The van der Waals surface area contributed by atoms with Crippen molar-refractivity contribution in [3.8, 4) is 0 Å². The number of methoxy groups -OCH3 is 2. The first-order valence-corrected chi connectivity index (χ1v) is 15.3. The highest BCUT2D eigenvalue weighted by Crippen LogP contribution is 2.17. The summed E-state index contributed by atoms with van der Waals surface area (Å²) in [4.78, 5) is 69.8. The van der Waals surface area contributed by atoms with Crippen molar-refractivity contribution < 1.29 is 48.5 Å². The van der Waals surface area contributed by atoms with Gasteiger partial charge in [-0.1, -0.05) is 81.4 Å². The second-order valence-corrected chi connectivity index (χ2v) is 12.2. The van der Waals surface area contributed by atoms with Crippen LogP contribution in [0.1, 0.15) is 51.2 Å². The van der Waals surface area contributed by atoms with Crippen molar-refractivity contribution >= 4 is 35.7 Å². The predicted octanol–water partition coefficient (Wildman–Crippen LogP) is 1.44. The van der Waals surface area contributed by atoms with Crippen molar-refractivity contribution in [2.75, 3.05) is 20.8 Å². The molecule has 2 aromatic carbocycles. The molecule has 14 nitrogen and oxygen atoms in total. The molecule has 48 heavy (non-hydrogen) atoms. The van der Waals surface area contributed by atoms with Gasteiger partial charge < -0.3 is 41.4 Å². The zero-order valence-corrected chi connectivity index (χ0v) is 28.1. The molecule has 0 saturated heterocycles. The average molecular weight is 673 g/mol. The molecule has 2 aromatic rings. The van der Waals surface area contributed by atoms with Crippen LogP contribution in [0, 0.1) is 5.41 Å². The van der Waals surface area contributed by atoms with E-state index in [2.05, 4.69) is 41.5 Å². The van der Waals surface area contributed by atoms with Gasteiger partial charge in [-0.25, -0.2) is 9.59 Å². The van der Waals surface area contributed by atoms with Gasteiger partial charge in [-0.05, 0) is 29.5 Å². The fraction of sp³-hybridized carbons (Fsp3) is 0.471. The molecule has 0 aliphatic rings. The first-order valence-electron chi connectivity index (χ1n) is 15.3. The van der Waals surface area contributed by atoms with E-state index in [1.165, 1.54) is 14.2 Å². The van der Waals surface area contributed by atoms with Crippen LogP contribution in [0.15, 0.2) is 60.7 Å². The van der Waals surface area contributed by atoms with E-state index >= 15 is 0 Å². The second kappa shape index (κ2) is 21.1. The lowest BCUT2D eigenvalue weighted by molar-refractivity contribution is -0.146. The molecule has 0 fully saturated rings. The fourth-order valence-electron chi connectivity index (χ4n) is 4.26. The summed E-state index contributed by atoms with van der Waals surface area (Å²) in [6.07, 6.45) is 0.404. The number of carbonyl (C=O) groups excluding carboxylic acids is 4. The second-order valence-electron chi connectivity index (χ2n) is 12.2. The van der Waals surface area contributed by atoms with Gasteiger partial charge in [0.2, 0.25) is 11.8 Å². The topological polar surface area (TPSA) is 223 Å². The highest BCUT2D eigenvalue weighted by molar-refractivity contribution is 5.90. The minimum Gasteiger partial charge on any atom is -0.481 e. The molecule has 2 rings (SSSR count). The van der Waals surface area contributed by atoms with Crippen LogP contribution in [-0.2, 0) is 51.1 Å². The number of nitrogens with one attached hydrogen (secondary N) is 3. The van der Waals surface area contributed by atoms with E-state index in [1.807, 2.05) is 48.5 Å². The van der Waals surface area contributed by atoms with E-state index in [-0.39, 0.29) is 24.7 Å². The Morgan fingerprint density at radius 3 is 1.48 bits per heavy atom. The van der Waals surface area contributed by atoms with Gasteiger partial charge in [0.25, 0.3) is 0 Å². The Bertz CT molecular complexity index is 1330. The third-order valence-electron chi connectivity index (χ3n) is 6.86. The Kier molecular flexibility index (Phi) is 18.1. The number of ether oxygens (including phenoxy) is 2. The number of hydrogen-bond acceptors (Lipinski definition) is 10. The molecule has 0 radical (unpaired) electrons. The Morgan fingerprint density at radius 1 is 0.688 bits per heavy atom. The summed E-state index contributed by atoms with van der Waals surface area (Å²) in [6.45, 7) is 6.69. The Hall–Kier alpha value is -4.82. The molecule has 2 amide bonds. The van der Waals surface area contributed by atoms with E-state index in [0.29, 0.717) is 6.54 Å². The first kappa shape index (κ1) is 41.2. The number of hydrogen-bond donors (Lipinski definition) is 6. The number of benzene rings is 2. The number of esters is 2. The number of aliphatic carboxylic acids is 2. The van der Waals surface area contributed by atoms with Gasteiger partial charge in [-0.2, -0.15) is 0 Å². The van der Waals surface area contributed by atoms with Crippen molar-refractivity contribution in [3.63, 3.8) is 0 Å². The molecule has 264 valence electrons. The van der Waals surface area contributed by atoms with Gasteiger partial charge in [0.05, 0.1) is 39.1 Å². The third-order valence-corrected chi connectivity index (χ3v) is 6.86. The minimum absolute atomic E-state index is 0.0547. The average Bonchev–Trinajstić information content (AvgIpc) is 3.03. The van der Waals surface area contributed by atoms with E-state index in [0.717, 1.165) is 17.5 Å². The fourth-order valence-corrected chi connectivity index (χ4v) is 4.26. The summed E-state index contributed by atoms with van der Waals surface area (Å²) in [5.41, 5.74) is 7.21. The van der Waals surface area contributed by atoms with Crippen LogP contribution >= 0.6 is 0 Å². The zero-order valence-electron chi connectivity index (χ0n) is 28.1. The van der Waals surface area contributed by atoms with Gasteiger partial charge in [0.15, 0.2) is 0 Å². The van der Waals surface area contributed by atoms with Crippen molar-refractivity contribution in [2.24, 2.45) is 11.1 Å². The van der Waals surface area contributed by atoms with Crippen molar-refractivity contribution in [3.05, 3.63) is 71.8 Å². The van der Waals surface area contributed by atoms with Crippen molar-refractivity contribution in [1.82, 2.24) is 16.0 Å². The molecule has 0 bridgehead atoms. The molecule has 4 atom stereocenters. The summed E-state index contributed by atoms with van der Waals surface area (Å²) in [7, 11) is 2.46. The van der Waals surface area contributed by atoms with Gasteiger partial charge in [0, 0.05) is 12.8 Å². The van der Waals surface area contributed by atoms with Gasteiger partial charge >= 0.3 is 23.9 Å². The summed E-state index contributed by atoms with van der Waals surface area (Å²) < 4.78 is 9.42. The van der Waals surface area contributed by atoms with Crippen LogP contribution in [0.25, 0.3) is 0 Å². The number of carbonyl (C=O) groups is 6. The molecule has 0 aliphatic carbocycles. The Balaban J connectivity index is 0.000000495. The van der Waals surface area contributed by atoms with E-state index < -0.39 is 66.3 Å². The molecule has 0 heterocycles. The molecular weight excluding hydrogens is 624 g/mol. The summed E-state index contributed by atoms with van der Waals surface area (Å²) in [6, 6.07) is 14.3. The van der Waals surface area contributed by atoms with Crippen molar-refractivity contribution in [1.29, 1.82) is 0 Å². The lowest BCUT2D eigenvalue weighted by Gasteiger charge is -2.23. The lowest BCUT2D eigenvalue weighted by Crippen LogP contribution is -2.52. The van der Waals surface area contributed by atoms with Crippen LogP contribution in [0.3, 0.4) is 0 Å². The number of amides is 2. The quantitative estimate of drug-likeness (QED) is 0.131. The van der Waals surface area contributed by atoms with Crippen LogP contribution < -0.4 is 21.7 Å². The normalized spacial score (nSPS) is 13.3. The Labute approximate surface area is 280 Å². The van der Waals surface area contributed by atoms with Crippen LogP contribution in [0.5, 0.6) is 0 Å². The maximum absolute atomic E-state index is 12.6. The molecule has 0 aliphatic heterocycles. The number of carboxylic acids is 2. The number of rotatable bonds is 17. The summed E-state index contributed by atoms with van der Waals surface area (Å²) in [5, 5.41) is 25.7. The van der Waals surface area contributed by atoms with Gasteiger partial charge in [-0.15, -0.1) is 0 Å². The maximum atomic E-state index is 12.6. The van der Waals surface area contributed by atoms with E-state index in [1.54, 1.807) is 12.1 Å². The lowest BCUT2D eigenvalue weighted by atomic mass is 9.92. The SMILES string of the molecule is COC(=O)C(Cc1ccccc1)NC(=O)[C@@H](N)CC(=O)O.COC(=O)C(Cc1ccccc1)NC(=O)[C@H](CC(=O)O)NCCC(C)(C)C. The van der Waals surface area contributed by atoms with E-state index in [9.17, 15) is 28.8 Å². The first-order chi connectivity index (χ1) is 22.6. The molecule has 2 unspecified atom stereocenters. The highest BCUT2D eigenvalue weighted by atomic mass is 16.5. The summed E-state index contributed by atoms with van der Waals surface area (Å²) >= 11 is 0. The third kappa shape index (κ3) is 17.2. The van der Waals surface area contributed by atoms with Crippen LogP contribution in [0.2, 0.25) is 0 Å². The van der Waals surface area contributed by atoms with Gasteiger partial charge in [0.1, 0.15) is 12.1 Å². The molecule has 7 N–H and O–H groups in total. The standard InChI is InChI=1S/C20H30N2O5.C14H18N2O5/c1-20(2,3)10-11-21-15(13-17(23)24)18(25)22-16(19(26)27-4)12-14-8-6-5-7-9-14;1-21-14(20)11(7-9-5-3-2-4-6-9)16-13(19)10(15)8-12(17)18/h5-9,15-16,21H,10-13H2,1-4H3,(H,22,25)(H,23,24);2-6,10-11H,7-8,15H2,1H3,(H,16,19)(H,17,18)/t15-,16?;10-,11?/m00/s1. The maximum Gasteiger partial charge on any atom is 0.328 e. The van der Waals surface area contributed by atoms with Crippen LogP contribution in [-0.4, -0.2) is 90.8 Å². The molecule has 0 saturated carbocycles. The number of carboxylic acid groups (broad SMARTS) is 2.